The van der Waals surface area contributed by atoms with E-state index in [1.54, 1.807) is 0 Å². The van der Waals surface area contributed by atoms with Crippen LogP contribution < -0.4 is 4.90 Å². The molecule has 2 heteroatoms. The van der Waals surface area contributed by atoms with Crippen LogP contribution in [-0.4, -0.2) is 24.7 Å². The Bertz CT molecular complexity index is 645. The minimum absolute atomic E-state index is 0.308. The van der Waals surface area contributed by atoms with Crippen molar-refractivity contribution < 1.29 is 10.0 Å². The van der Waals surface area contributed by atoms with Gasteiger partial charge in [-0.05, 0) is 18.8 Å². The summed E-state index contributed by atoms with van der Waals surface area (Å²) in [6, 6.07) is 19.8. The van der Waals surface area contributed by atoms with E-state index in [-0.39, 0.29) is 0 Å². The molecule has 0 saturated carbocycles. The van der Waals surface area contributed by atoms with Gasteiger partial charge >= 0.3 is 0 Å². The van der Waals surface area contributed by atoms with Gasteiger partial charge in [-0.25, -0.2) is 0 Å². The molecule has 0 radical (unpaired) electrons. The van der Waals surface area contributed by atoms with Crippen LogP contribution in [0.4, 0.5) is 0 Å². The summed E-state index contributed by atoms with van der Waals surface area (Å²) in [4.78, 5) is 1.45. The molecule has 1 aliphatic heterocycles. The van der Waals surface area contributed by atoms with Gasteiger partial charge in [0, 0.05) is 17.5 Å². The standard InChI is InChI=1S/C21H23NO/c1-22-17-9-8-14-20(22)15-16-21(23,18-10-4-2-5-11-18)19-12-6-3-7-13-19/h2-7,10-13,20,23H,8-9,14,17H2,1H3/p+1/t20-/m0/s1. The number of piperidine rings is 1. The SMILES string of the molecule is C[NH+]1CCCC[C@H]1C#CC(O)(c1ccccc1)c1ccccc1. The van der Waals surface area contributed by atoms with Crippen molar-refractivity contribution in [1.82, 2.24) is 0 Å². The molecule has 23 heavy (non-hydrogen) atoms. The predicted molar refractivity (Wildman–Crippen MR) is 93.1 cm³/mol. The molecule has 1 aliphatic rings. The van der Waals surface area contributed by atoms with Gasteiger partial charge in [0.1, 0.15) is 6.04 Å². The Morgan fingerprint density at radius 3 is 2.04 bits per heavy atom. The van der Waals surface area contributed by atoms with Crippen LogP contribution in [0.3, 0.4) is 0 Å². The molecule has 1 fully saturated rings. The fourth-order valence-corrected chi connectivity index (χ4v) is 3.23. The largest absolute Gasteiger partial charge is 0.369 e. The highest BCUT2D eigenvalue weighted by Gasteiger charge is 2.30. The first-order valence-electron chi connectivity index (χ1n) is 8.38. The third kappa shape index (κ3) is 3.47. The van der Waals surface area contributed by atoms with E-state index >= 15 is 0 Å². The molecule has 1 saturated heterocycles. The Kier molecular flexibility index (Phi) is 4.81. The molecule has 2 aromatic rings. The first-order chi connectivity index (χ1) is 11.2. The van der Waals surface area contributed by atoms with Crippen molar-refractivity contribution in [2.45, 2.75) is 30.9 Å². The molecule has 0 aromatic heterocycles. The summed E-state index contributed by atoms with van der Waals surface area (Å²) in [5, 5.41) is 11.4. The second kappa shape index (κ2) is 7.00. The Balaban J connectivity index is 2.00. The Morgan fingerprint density at radius 1 is 0.957 bits per heavy atom. The number of aliphatic hydroxyl groups is 1. The fourth-order valence-electron chi connectivity index (χ4n) is 3.23. The van der Waals surface area contributed by atoms with E-state index in [2.05, 4.69) is 18.9 Å². The number of likely N-dealkylation sites (tertiary alicyclic amines) is 1. The van der Waals surface area contributed by atoms with Crippen LogP contribution in [0.5, 0.6) is 0 Å². The van der Waals surface area contributed by atoms with E-state index in [1.165, 1.54) is 17.7 Å². The van der Waals surface area contributed by atoms with Crippen LogP contribution >= 0.6 is 0 Å². The van der Waals surface area contributed by atoms with Gasteiger partial charge in [-0.3, -0.25) is 0 Å². The zero-order chi connectivity index (χ0) is 16.1. The van der Waals surface area contributed by atoms with Crippen LogP contribution in [0.15, 0.2) is 60.7 Å². The first kappa shape index (κ1) is 15.8. The molecular formula is C21H24NO+. The van der Waals surface area contributed by atoms with Gasteiger partial charge in [0.15, 0.2) is 5.60 Å². The van der Waals surface area contributed by atoms with E-state index in [9.17, 15) is 5.11 Å². The lowest BCUT2D eigenvalue weighted by Crippen LogP contribution is -3.13. The predicted octanol–water partition coefficient (Wildman–Crippen LogP) is 1.99. The smallest absolute Gasteiger partial charge is 0.177 e. The maximum Gasteiger partial charge on any atom is 0.177 e. The molecular weight excluding hydrogens is 282 g/mol. The summed E-state index contributed by atoms with van der Waals surface area (Å²) in [5.74, 6) is 6.59. The maximum absolute atomic E-state index is 11.4. The molecule has 1 unspecified atom stereocenters. The second-order valence-electron chi connectivity index (χ2n) is 6.36. The minimum Gasteiger partial charge on any atom is -0.369 e. The number of hydrogen-bond donors (Lipinski definition) is 2. The summed E-state index contributed by atoms with van der Waals surface area (Å²) < 4.78 is 0. The molecule has 2 atom stereocenters. The van der Waals surface area contributed by atoms with E-state index in [0.717, 1.165) is 24.1 Å². The lowest BCUT2D eigenvalue weighted by Gasteiger charge is -2.27. The van der Waals surface area contributed by atoms with Crippen LogP contribution in [0.2, 0.25) is 0 Å². The van der Waals surface area contributed by atoms with Crippen LogP contribution in [0.25, 0.3) is 0 Å². The van der Waals surface area contributed by atoms with E-state index in [4.69, 9.17) is 0 Å². The van der Waals surface area contributed by atoms with Crippen molar-refractivity contribution in [1.29, 1.82) is 0 Å². The number of hydrogen-bond acceptors (Lipinski definition) is 1. The normalized spacial score (nSPS) is 21.3. The molecule has 0 amide bonds. The van der Waals surface area contributed by atoms with Crippen LogP contribution in [-0.2, 0) is 5.60 Å². The van der Waals surface area contributed by atoms with E-state index in [1.807, 2.05) is 60.7 Å². The lowest BCUT2D eigenvalue weighted by molar-refractivity contribution is -0.902. The van der Waals surface area contributed by atoms with Crippen molar-refractivity contribution in [3.8, 4) is 11.8 Å². The van der Waals surface area contributed by atoms with Crippen molar-refractivity contribution in [2.24, 2.45) is 0 Å². The molecule has 3 rings (SSSR count). The van der Waals surface area contributed by atoms with Gasteiger partial charge in [-0.1, -0.05) is 66.6 Å². The Hall–Kier alpha value is -2.08. The Morgan fingerprint density at radius 2 is 1.52 bits per heavy atom. The highest BCUT2D eigenvalue weighted by molar-refractivity contribution is 5.44. The summed E-state index contributed by atoms with van der Waals surface area (Å²) in [6.45, 7) is 1.16. The summed E-state index contributed by atoms with van der Waals surface area (Å²) in [7, 11) is 2.20. The van der Waals surface area contributed by atoms with E-state index < -0.39 is 5.60 Å². The third-order valence-corrected chi connectivity index (χ3v) is 4.72. The molecule has 0 spiro atoms. The average molecular weight is 306 g/mol. The molecule has 0 bridgehead atoms. The number of benzene rings is 2. The second-order valence-corrected chi connectivity index (χ2v) is 6.36. The van der Waals surface area contributed by atoms with Crippen molar-refractivity contribution in [2.75, 3.05) is 13.6 Å². The third-order valence-electron chi connectivity index (χ3n) is 4.72. The van der Waals surface area contributed by atoms with Gasteiger partial charge < -0.3 is 10.0 Å². The topological polar surface area (TPSA) is 24.7 Å². The fraction of sp³-hybridized carbons (Fsp3) is 0.333. The van der Waals surface area contributed by atoms with Gasteiger partial charge in [-0.15, -0.1) is 0 Å². The summed E-state index contributed by atoms with van der Waals surface area (Å²) in [5.41, 5.74) is 0.402. The molecule has 2 nitrogen and oxygen atoms in total. The maximum atomic E-state index is 11.4. The van der Waals surface area contributed by atoms with Gasteiger partial charge in [0.05, 0.1) is 13.6 Å². The first-order valence-corrected chi connectivity index (χ1v) is 8.38. The molecule has 1 heterocycles. The van der Waals surface area contributed by atoms with Crippen LogP contribution in [0.1, 0.15) is 30.4 Å². The molecule has 118 valence electrons. The molecule has 0 aliphatic carbocycles. The van der Waals surface area contributed by atoms with Gasteiger partial charge in [-0.2, -0.15) is 0 Å². The Labute approximate surface area is 138 Å². The lowest BCUT2D eigenvalue weighted by atomic mass is 9.86. The van der Waals surface area contributed by atoms with Crippen molar-refractivity contribution in [3.05, 3.63) is 71.8 Å². The van der Waals surface area contributed by atoms with Crippen LogP contribution in [0, 0.1) is 11.8 Å². The monoisotopic (exact) mass is 306 g/mol. The van der Waals surface area contributed by atoms with Crippen molar-refractivity contribution >= 4 is 0 Å². The number of quaternary nitrogens is 1. The van der Waals surface area contributed by atoms with Gasteiger partial charge in [0.2, 0.25) is 0 Å². The van der Waals surface area contributed by atoms with E-state index in [0.29, 0.717) is 6.04 Å². The molecule has 2 aromatic carbocycles. The van der Waals surface area contributed by atoms with Crippen molar-refractivity contribution in [3.63, 3.8) is 0 Å². The minimum atomic E-state index is -1.25. The summed E-state index contributed by atoms with van der Waals surface area (Å²) >= 11 is 0. The highest BCUT2D eigenvalue weighted by Crippen LogP contribution is 2.28. The number of rotatable bonds is 2. The zero-order valence-corrected chi connectivity index (χ0v) is 13.6. The summed E-state index contributed by atoms with van der Waals surface area (Å²) in [6.07, 6.45) is 3.61. The van der Waals surface area contributed by atoms with Gasteiger partial charge in [0.25, 0.3) is 0 Å². The average Bonchev–Trinajstić information content (AvgIpc) is 2.62. The number of nitrogens with one attached hydrogen (secondary N) is 1. The highest BCUT2D eigenvalue weighted by atomic mass is 16.3. The molecule has 2 N–H and O–H groups in total. The quantitative estimate of drug-likeness (QED) is 0.815. The zero-order valence-electron chi connectivity index (χ0n) is 13.6.